The van der Waals surface area contributed by atoms with E-state index in [-0.39, 0.29) is 22.1 Å². The zero-order valence-corrected chi connectivity index (χ0v) is 18.3. The molecular formula is C21H23N5O4S. The molecule has 3 aromatic rings. The summed E-state index contributed by atoms with van der Waals surface area (Å²) in [6.07, 6.45) is 2.65. The van der Waals surface area contributed by atoms with E-state index in [1.165, 1.54) is 10.5 Å². The van der Waals surface area contributed by atoms with Crippen LogP contribution in [0.2, 0.25) is 0 Å². The van der Waals surface area contributed by atoms with E-state index in [0.29, 0.717) is 42.3 Å². The summed E-state index contributed by atoms with van der Waals surface area (Å²) in [5.74, 6) is 0.319. The Labute approximate surface area is 180 Å². The number of sulfonamides is 1. The molecule has 1 amide bonds. The van der Waals surface area contributed by atoms with Crippen LogP contribution in [0.3, 0.4) is 0 Å². The van der Waals surface area contributed by atoms with Crippen LogP contribution in [0.4, 0.5) is 5.69 Å². The molecule has 0 radical (unpaired) electrons. The molecule has 1 aliphatic heterocycles. The highest BCUT2D eigenvalue weighted by Gasteiger charge is 2.41. The van der Waals surface area contributed by atoms with Gasteiger partial charge in [0.1, 0.15) is 16.4 Å². The lowest BCUT2D eigenvalue weighted by molar-refractivity contribution is 0.102. The van der Waals surface area contributed by atoms with Gasteiger partial charge in [0.15, 0.2) is 5.76 Å². The summed E-state index contributed by atoms with van der Waals surface area (Å²) in [6, 6.07) is 8.45. The largest absolute Gasteiger partial charge is 0.360 e. The smallest absolute Gasteiger partial charge is 0.259 e. The number of aromatic nitrogens is 3. The van der Waals surface area contributed by atoms with Crippen LogP contribution in [0.15, 0.2) is 45.9 Å². The quantitative estimate of drug-likeness (QED) is 0.646. The van der Waals surface area contributed by atoms with Gasteiger partial charge < -0.3 is 9.84 Å². The summed E-state index contributed by atoms with van der Waals surface area (Å²) in [7, 11) is -3.88. The minimum absolute atomic E-state index is 0.0699. The second-order valence-electron chi connectivity index (χ2n) is 7.46. The topological polar surface area (TPSA) is 118 Å². The second-order valence-corrected chi connectivity index (χ2v) is 9.29. The third kappa shape index (κ3) is 3.96. The predicted octanol–water partition coefficient (Wildman–Crippen LogP) is 3.17. The Morgan fingerprint density at radius 2 is 1.94 bits per heavy atom. The molecule has 10 heteroatoms. The number of hydrogen-bond acceptors (Lipinski definition) is 7. The van der Waals surface area contributed by atoms with E-state index in [1.807, 2.05) is 18.2 Å². The summed E-state index contributed by atoms with van der Waals surface area (Å²) in [6.45, 7) is 5.21. The maximum Gasteiger partial charge on any atom is 0.259 e. The lowest BCUT2D eigenvalue weighted by atomic mass is 10.1. The van der Waals surface area contributed by atoms with Gasteiger partial charge in [-0.25, -0.2) is 18.4 Å². The lowest BCUT2D eigenvalue weighted by Crippen LogP contribution is -2.33. The summed E-state index contributed by atoms with van der Waals surface area (Å²) in [4.78, 5) is 21.7. The van der Waals surface area contributed by atoms with Gasteiger partial charge in [0.2, 0.25) is 10.0 Å². The van der Waals surface area contributed by atoms with E-state index in [1.54, 1.807) is 32.9 Å². The first kappa shape index (κ1) is 21.1. The van der Waals surface area contributed by atoms with Gasteiger partial charge in [0, 0.05) is 18.4 Å². The normalized spacial score (nSPS) is 17.1. The monoisotopic (exact) mass is 441 g/mol. The van der Waals surface area contributed by atoms with Crippen LogP contribution in [-0.2, 0) is 10.0 Å². The Morgan fingerprint density at radius 3 is 2.61 bits per heavy atom. The first-order chi connectivity index (χ1) is 14.8. The van der Waals surface area contributed by atoms with Gasteiger partial charge in [0.25, 0.3) is 5.91 Å². The van der Waals surface area contributed by atoms with Gasteiger partial charge in [-0.3, -0.25) is 4.79 Å². The van der Waals surface area contributed by atoms with Gasteiger partial charge in [-0.2, -0.15) is 4.31 Å². The summed E-state index contributed by atoms with van der Waals surface area (Å²) >= 11 is 0. The fourth-order valence-electron chi connectivity index (χ4n) is 3.90. The maximum atomic E-state index is 13.5. The van der Waals surface area contributed by atoms with Crippen molar-refractivity contribution in [1.29, 1.82) is 0 Å². The molecule has 0 bridgehead atoms. The van der Waals surface area contributed by atoms with Crippen LogP contribution in [0, 0.1) is 20.8 Å². The number of nitrogens with one attached hydrogen (secondary N) is 1. The van der Waals surface area contributed by atoms with Crippen molar-refractivity contribution in [2.75, 3.05) is 11.9 Å². The molecular weight excluding hydrogens is 418 g/mol. The first-order valence-corrected chi connectivity index (χ1v) is 11.4. The minimum atomic E-state index is -3.88. The predicted molar refractivity (Wildman–Crippen MR) is 113 cm³/mol. The second kappa shape index (κ2) is 8.20. The van der Waals surface area contributed by atoms with Gasteiger partial charge in [-0.05, 0) is 45.7 Å². The van der Waals surface area contributed by atoms with Crippen molar-refractivity contribution in [3.8, 4) is 0 Å². The third-order valence-corrected chi connectivity index (χ3v) is 7.42. The van der Waals surface area contributed by atoms with Crippen LogP contribution in [-0.4, -0.2) is 40.3 Å². The zero-order valence-electron chi connectivity index (χ0n) is 17.5. The van der Waals surface area contributed by atoms with E-state index < -0.39 is 16.1 Å². The molecule has 9 nitrogen and oxygen atoms in total. The molecule has 0 saturated carbocycles. The van der Waals surface area contributed by atoms with Crippen molar-refractivity contribution < 1.29 is 17.7 Å². The maximum absolute atomic E-state index is 13.5. The van der Waals surface area contributed by atoms with Gasteiger partial charge in [0.05, 0.1) is 17.3 Å². The fraction of sp³-hybridized carbons (Fsp3) is 0.333. The number of hydrogen-bond donors (Lipinski definition) is 1. The van der Waals surface area contributed by atoms with Crippen LogP contribution in [0.25, 0.3) is 0 Å². The number of aryl methyl sites for hydroxylation is 3. The van der Waals surface area contributed by atoms with Crippen LogP contribution >= 0.6 is 0 Å². The van der Waals surface area contributed by atoms with Crippen molar-refractivity contribution in [2.24, 2.45) is 0 Å². The molecule has 162 valence electrons. The molecule has 1 atom stereocenters. The molecule has 1 saturated heterocycles. The first-order valence-electron chi connectivity index (χ1n) is 9.93. The average Bonchev–Trinajstić information content (AvgIpc) is 3.36. The molecule has 1 fully saturated rings. The highest BCUT2D eigenvalue weighted by atomic mass is 32.2. The molecule has 2 aromatic heterocycles. The van der Waals surface area contributed by atoms with Crippen LogP contribution < -0.4 is 5.32 Å². The van der Waals surface area contributed by atoms with Gasteiger partial charge in [-0.1, -0.05) is 23.4 Å². The molecule has 1 aromatic carbocycles. The van der Waals surface area contributed by atoms with E-state index in [0.717, 1.165) is 0 Å². The highest BCUT2D eigenvalue weighted by molar-refractivity contribution is 7.89. The number of nitrogens with zero attached hydrogens (tertiary/aromatic N) is 4. The number of benzene rings is 1. The lowest BCUT2D eigenvalue weighted by Gasteiger charge is -2.25. The Balaban J connectivity index is 1.73. The van der Waals surface area contributed by atoms with Crippen molar-refractivity contribution in [2.45, 2.75) is 44.6 Å². The molecule has 3 heterocycles. The molecule has 31 heavy (non-hydrogen) atoms. The van der Waals surface area contributed by atoms with E-state index in [4.69, 9.17) is 4.52 Å². The zero-order chi connectivity index (χ0) is 22.2. The minimum Gasteiger partial charge on any atom is -0.360 e. The van der Waals surface area contributed by atoms with Crippen molar-refractivity contribution in [1.82, 2.24) is 19.4 Å². The highest BCUT2D eigenvalue weighted by Crippen LogP contribution is 2.38. The van der Waals surface area contributed by atoms with Gasteiger partial charge >= 0.3 is 0 Å². The van der Waals surface area contributed by atoms with Crippen molar-refractivity contribution in [3.05, 3.63) is 65.1 Å². The Hall–Kier alpha value is -3.11. The Kier molecular flexibility index (Phi) is 5.59. The van der Waals surface area contributed by atoms with Crippen molar-refractivity contribution >= 4 is 21.6 Å². The van der Waals surface area contributed by atoms with Gasteiger partial charge in [-0.15, -0.1) is 0 Å². The number of para-hydroxylation sites is 1. The number of amides is 1. The Bertz CT molecular complexity index is 1200. The number of rotatable bonds is 5. The third-order valence-electron chi connectivity index (χ3n) is 5.27. The molecule has 0 spiro atoms. The molecule has 4 rings (SSSR count). The van der Waals surface area contributed by atoms with E-state index in [2.05, 4.69) is 20.4 Å². The summed E-state index contributed by atoms with van der Waals surface area (Å²) in [5, 5.41) is 6.62. The van der Waals surface area contributed by atoms with Crippen LogP contribution in [0.1, 0.15) is 52.2 Å². The fourth-order valence-corrected chi connectivity index (χ4v) is 5.85. The summed E-state index contributed by atoms with van der Waals surface area (Å²) < 4.78 is 33.4. The molecule has 0 unspecified atom stereocenters. The summed E-state index contributed by atoms with van der Waals surface area (Å²) in [5.41, 5.74) is 1.59. The number of carbonyl (C=O) groups is 1. The molecule has 1 N–H and O–H groups in total. The van der Waals surface area contributed by atoms with Crippen LogP contribution in [0.5, 0.6) is 0 Å². The number of carbonyl (C=O) groups excluding carboxylic acids is 1. The van der Waals surface area contributed by atoms with Crippen molar-refractivity contribution in [3.63, 3.8) is 0 Å². The standard InChI is InChI=1S/C21H23N5O4S/c1-13-20(14(2)30-25-13)31(28,29)26-11-7-10-18(26)19-17(12-22-15(3)23-19)21(27)24-16-8-5-4-6-9-16/h4-6,8-9,12,18H,7,10-11H2,1-3H3,(H,24,27)/t18-/m1/s1. The SMILES string of the molecule is Cc1ncc(C(=O)Nc2ccccc2)c([C@H]2CCCN2S(=O)(=O)c2c(C)noc2C)n1. The Morgan fingerprint density at radius 1 is 1.19 bits per heavy atom. The van der Waals surface area contributed by atoms with E-state index >= 15 is 0 Å². The average molecular weight is 442 g/mol. The van der Waals surface area contributed by atoms with E-state index in [9.17, 15) is 13.2 Å². The molecule has 1 aliphatic rings. The molecule has 0 aliphatic carbocycles. The number of anilines is 1.